The Morgan fingerprint density at radius 3 is 2.89 bits per heavy atom. The monoisotopic (exact) mass is 272 g/mol. The zero-order valence-corrected chi connectivity index (χ0v) is 11.1. The molecule has 0 aliphatic carbocycles. The van der Waals surface area contributed by atoms with E-state index in [1.807, 2.05) is 6.92 Å². The van der Waals surface area contributed by atoms with Gasteiger partial charge in [0.2, 0.25) is 11.8 Å². The molecule has 7 heteroatoms. The number of amides is 2. The number of thioether (sulfide) groups is 1. The van der Waals surface area contributed by atoms with E-state index in [-0.39, 0.29) is 16.7 Å². The molecule has 2 rings (SSSR count). The van der Waals surface area contributed by atoms with Gasteiger partial charge in [-0.1, -0.05) is 0 Å². The molecule has 100 valence electrons. The molecule has 2 saturated heterocycles. The maximum Gasteiger partial charge on any atom is 0.325 e. The number of nitrogens with one attached hydrogen (secondary N) is 1. The minimum absolute atomic E-state index is 0.0226. The second kappa shape index (κ2) is 4.46. The Morgan fingerprint density at radius 2 is 2.28 bits per heavy atom. The number of hydrogen-bond donors (Lipinski definition) is 2. The van der Waals surface area contributed by atoms with Crippen LogP contribution in [0.2, 0.25) is 0 Å². The van der Waals surface area contributed by atoms with Crippen LogP contribution in [-0.4, -0.2) is 50.5 Å². The second-order valence-corrected chi connectivity index (χ2v) is 6.34. The molecule has 3 atom stereocenters. The van der Waals surface area contributed by atoms with Crippen molar-refractivity contribution in [3.63, 3.8) is 0 Å². The van der Waals surface area contributed by atoms with Crippen molar-refractivity contribution in [2.24, 2.45) is 0 Å². The van der Waals surface area contributed by atoms with Crippen LogP contribution < -0.4 is 5.32 Å². The Morgan fingerprint density at radius 1 is 1.61 bits per heavy atom. The summed E-state index contributed by atoms with van der Waals surface area (Å²) in [5.41, 5.74) is 0. The van der Waals surface area contributed by atoms with Gasteiger partial charge in [0.15, 0.2) is 0 Å². The molecule has 2 aliphatic heterocycles. The Bertz CT molecular complexity index is 414. The predicted octanol–water partition coefficient (Wildman–Crippen LogP) is 0.0297. The Balaban J connectivity index is 2.08. The standard InChI is InChI=1S/C11H16N2O4S/c1-6(10(16)17)12-9(15)7-5-18-11(2)4-3-8(14)13(7)11/h6-7H,3-5H2,1-2H3,(H,12,15)(H,16,17). The van der Waals surface area contributed by atoms with E-state index in [2.05, 4.69) is 5.32 Å². The normalized spacial score (nSPS) is 32.2. The number of carboxylic acid groups (broad SMARTS) is 1. The summed E-state index contributed by atoms with van der Waals surface area (Å²) < 4.78 is 0. The number of carbonyl (C=O) groups is 3. The summed E-state index contributed by atoms with van der Waals surface area (Å²) in [6.07, 6.45) is 1.20. The minimum Gasteiger partial charge on any atom is -0.480 e. The summed E-state index contributed by atoms with van der Waals surface area (Å²) in [7, 11) is 0. The summed E-state index contributed by atoms with van der Waals surface area (Å²) in [6.45, 7) is 3.36. The molecule has 18 heavy (non-hydrogen) atoms. The van der Waals surface area contributed by atoms with Gasteiger partial charge in [0.1, 0.15) is 12.1 Å². The zero-order valence-electron chi connectivity index (χ0n) is 10.3. The van der Waals surface area contributed by atoms with Gasteiger partial charge in [-0.3, -0.25) is 14.4 Å². The molecule has 0 aromatic carbocycles. The lowest BCUT2D eigenvalue weighted by Gasteiger charge is -2.30. The van der Waals surface area contributed by atoms with E-state index in [0.29, 0.717) is 12.2 Å². The molecule has 0 bridgehead atoms. The first-order chi connectivity index (χ1) is 8.35. The molecule has 0 radical (unpaired) electrons. The lowest BCUT2D eigenvalue weighted by atomic mass is 10.2. The van der Waals surface area contributed by atoms with Crippen LogP contribution in [0.4, 0.5) is 0 Å². The predicted molar refractivity (Wildman–Crippen MR) is 66.0 cm³/mol. The highest BCUT2D eigenvalue weighted by atomic mass is 32.2. The van der Waals surface area contributed by atoms with Gasteiger partial charge in [-0.05, 0) is 20.3 Å². The molecule has 2 heterocycles. The quantitative estimate of drug-likeness (QED) is 0.757. The average molecular weight is 272 g/mol. The van der Waals surface area contributed by atoms with Crippen molar-refractivity contribution in [2.45, 2.75) is 43.6 Å². The van der Waals surface area contributed by atoms with Crippen LogP contribution in [-0.2, 0) is 14.4 Å². The summed E-state index contributed by atoms with van der Waals surface area (Å²) in [5, 5.41) is 11.2. The van der Waals surface area contributed by atoms with Gasteiger partial charge < -0.3 is 15.3 Å². The fraction of sp³-hybridized carbons (Fsp3) is 0.727. The van der Waals surface area contributed by atoms with Crippen molar-refractivity contribution < 1.29 is 19.5 Å². The van der Waals surface area contributed by atoms with Crippen LogP contribution in [0.15, 0.2) is 0 Å². The number of aliphatic carboxylic acids is 1. The van der Waals surface area contributed by atoms with E-state index in [4.69, 9.17) is 5.11 Å². The number of hydrogen-bond acceptors (Lipinski definition) is 4. The Labute approximate surface area is 109 Å². The van der Waals surface area contributed by atoms with Crippen LogP contribution in [0.5, 0.6) is 0 Å². The van der Waals surface area contributed by atoms with Gasteiger partial charge in [-0.15, -0.1) is 11.8 Å². The first-order valence-electron chi connectivity index (χ1n) is 5.84. The summed E-state index contributed by atoms with van der Waals surface area (Å²) >= 11 is 1.59. The van der Waals surface area contributed by atoms with E-state index in [1.165, 1.54) is 6.92 Å². The van der Waals surface area contributed by atoms with Crippen molar-refractivity contribution in [2.75, 3.05) is 5.75 Å². The van der Waals surface area contributed by atoms with E-state index in [0.717, 1.165) is 6.42 Å². The molecular weight excluding hydrogens is 256 g/mol. The van der Waals surface area contributed by atoms with Gasteiger partial charge in [0, 0.05) is 12.2 Å². The molecule has 6 nitrogen and oxygen atoms in total. The first-order valence-corrected chi connectivity index (χ1v) is 6.83. The van der Waals surface area contributed by atoms with E-state index >= 15 is 0 Å². The second-order valence-electron chi connectivity index (χ2n) is 4.83. The van der Waals surface area contributed by atoms with Crippen molar-refractivity contribution >= 4 is 29.5 Å². The lowest BCUT2D eigenvalue weighted by Crippen LogP contribution is -2.52. The molecule has 2 N–H and O–H groups in total. The topological polar surface area (TPSA) is 86.7 Å². The zero-order chi connectivity index (χ0) is 13.5. The largest absolute Gasteiger partial charge is 0.480 e. The number of carbonyl (C=O) groups excluding carboxylic acids is 2. The third-order valence-electron chi connectivity index (χ3n) is 3.48. The first kappa shape index (κ1) is 13.2. The van der Waals surface area contributed by atoms with Crippen molar-refractivity contribution in [3.8, 4) is 0 Å². The Kier molecular flexibility index (Phi) is 3.27. The fourth-order valence-corrected chi connectivity index (χ4v) is 3.82. The average Bonchev–Trinajstić information content (AvgIpc) is 2.76. The fourth-order valence-electron chi connectivity index (χ4n) is 2.39. The van der Waals surface area contributed by atoms with Crippen molar-refractivity contribution in [1.82, 2.24) is 10.2 Å². The van der Waals surface area contributed by atoms with Gasteiger partial charge in [0.05, 0.1) is 4.87 Å². The van der Waals surface area contributed by atoms with Gasteiger partial charge in [0.25, 0.3) is 0 Å². The van der Waals surface area contributed by atoms with Gasteiger partial charge in [-0.25, -0.2) is 0 Å². The van der Waals surface area contributed by atoms with E-state index in [9.17, 15) is 14.4 Å². The van der Waals surface area contributed by atoms with Crippen molar-refractivity contribution in [3.05, 3.63) is 0 Å². The van der Waals surface area contributed by atoms with Gasteiger partial charge in [-0.2, -0.15) is 0 Å². The number of fused-ring (bicyclic) bond motifs is 1. The third-order valence-corrected chi connectivity index (χ3v) is 4.98. The molecule has 0 spiro atoms. The summed E-state index contributed by atoms with van der Waals surface area (Å²) in [6, 6.07) is -1.48. The smallest absolute Gasteiger partial charge is 0.325 e. The Hall–Kier alpha value is -1.24. The van der Waals surface area contributed by atoms with Crippen LogP contribution in [0.3, 0.4) is 0 Å². The van der Waals surface area contributed by atoms with Crippen molar-refractivity contribution in [1.29, 1.82) is 0 Å². The van der Waals surface area contributed by atoms with Crippen LogP contribution in [0.1, 0.15) is 26.7 Å². The number of nitrogens with zero attached hydrogens (tertiary/aromatic N) is 1. The van der Waals surface area contributed by atoms with Crippen LogP contribution >= 0.6 is 11.8 Å². The highest BCUT2D eigenvalue weighted by molar-refractivity contribution is 8.01. The molecule has 0 saturated carbocycles. The summed E-state index contributed by atoms with van der Waals surface area (Å²) in [5.74, 6) is -0.952. The molecule has 0 aromatic rings. The highest BCUT2D eigenvalue weighted by Gasteiger charge is 2.53. The summed E-state index contributed by atoms with van der Waals surface area (Å²) in [4.78, 5) is 35.8. The van der Waals surface area contributed by atoms with Crippen LogP contribution in [0, 0.1) is 0 Å². The molecule has 0 aromatic heterocycles. The SMILES string of the molecule is CC(NC(=O)C1CSC2(C)CCC(=O)N12)C(=O)O. The number of carboxylic acids is 1. The molecule has 2 amide bonds. The molecule has 2 fully saturated rings. The third kappa shape index (κ3) is 2.07. The molecular formula is C11H16N2O4S. The van der Waals surface area contributed by atoms with E-state index in [1.54, 1.807) is 16.7 Å². The lowest BCUT2D eigenvalue weighted by molar-refractivity contribution is -0.143. The molecule has 2 aliphatic rings. The van der Waals surface area contributed by atoms with Gasteiger partial charge >= 0.3 is 5.97 Å². The highest BCUT2D eigenvalue weighted by Crippen LogP contribution is 2.47. The van der Waals surface area contributed by atoms with Crippen LogP contribution in [0.25, 0.3) is 0 Å². The maximum atomic E-state index is 12.0. The number of rotatable bonds is 3. The minimum atomic E-state index is -1.08. The molecule has 3 unspecified atom stereocenters. The maximum absolute atomic E-state index is 12.0. The van der Waals surface area contributed by atoms with E-state index < -0.39 is 18.1 Å².